The predicted octanol–water partition coefficient (Wildman–Crippen LogP) is 16.8. The minimum Gasteiger partial charge on any atom is -0.456 e. The van der Waals surface area contributed by atoms with Crippen molar-refractivity contribution in [2.45, 2.75) is 0 Å². The van der Waals surface area contributed by atoms with Crippen LogP contribution in [0.4, 0.5) is 0 Å². The Bertz CT molecular complexity index is 3530. The number of hydrogen-bond acceptors (Lipinski definition) is 2. The van der Waals surface area contributed by atoms with Gasteiger partial charge >= 0.3 is 0 Å². The quantitative estimate of drug-likeness (QED) is 0.167. The first-order valence-corrected chi connectivity index (χ1v) is 20.6. The average Bonchev–Trinajstić information content (AvgIpc) is 3.87. The second-order valence-electron chi connectivity index (χ2n) is 15.9. The summed E-state index contributed by atoms with van der Waals surface area (Å²) in [4.78, 5) is 0. The van der Waals surface area contributed by atoms with Gasteiger partial charge in [0.15, 0.2) is 0 Å². The van der Waals surface area contributed by atoms with E-state index < -0.39 is 0 Å². The normalized spacial score (nSPS) is 12.0. The van der Waals surface area contributed by atoms with Crippen LogP contribution in [0.2, 0.25) is 0 Å². The highest BCUT2D eigenvalue weighted by molar-refractivity contribution is 6.24. The summed E-state index contributed by atoms with van der Waals surface area (Å²) >= 11 is 0. The molecule has 0 fully saturated rings. The summed E-state index contributed by atoms with van der Waals surface area (Å²) in [6, 6.07) is 74.8. The van der Waals surface area contributed by atoms with Crippen molar-refractivity contribution in [2.75, 3.05) is 0 Å². The summed E-state index contributed by atoms with van der Waals surface area (Å²) < 4.78 is 12.5. The van der Waals surface area contributed by atoms with E-state index in [1.54, 1.807) is 0 Å². The molecule has 13 aromatic rings. The molecule has 0 aliphatic heterocycles. The first kappa shape index (κ1) is 33.1. The van der Waals surface area contributed by atoms with Crippen molar-refractivity contribution in [1.82, 2.24) is 0 Å². The molecule has 11 aromatic carbocycles. The summed E-state index contributed by atoms with van der Waals surface area (Å²) in [5.74, 6) is 0. The molecule has 0 aliphatic carbocycles. The average molecular weight is 763 g/mol. The third kappa shape index (κ3) is 4.82. The van der Waals surface area contributed by atoms with Crippen LogP contribution in [0.5, 0.6) is 0 Å². The van der Waals surface area contributed by atoms with Crippen LogP contribution in [-0.2, 0) is 0 Å². The molecule has 2 heteroatoms. The van der Waals surface area contributed by atoms with Gasteiger partial charge in [0.1, 0.15) is 22.3 Å². The molecule has 0 saturated carbocycles. The second-order valence-corrected chi connectivity index (χ2v) is 15.9. The zero-order valence-corrected chi connectivity index (χ0v) is 32.4. The molecule has 0 atom stereocenters. The fraction of sp³-hybridized carbons (Fsp3) is 0. The van der Waals surface area contributed by atoms with E-state index >= 15 is 0 Å². The van der Waals surface area contributed by atoms with Gasteiger partial charge in [0, 0.05) is 21.5 Å². The molecule has 2 nitrogen and oxygen atoms in total. The van der Waals surface area contributed by atoms with Gasteiger partial charge in [0.05, 0.1) is 0 Å². The first-order chi connectivity index (χ1) is 29.8. The van der Waals surface area contributed by atoms with Gasteiger partial charge in [-0.05, 0) is 130 Å². The van der Waals surface area contributed by atoms with Crippen molar-refractivity contribution in [3.05, 3.63) is 206 Å². The molecule has 0 bridgehead atoms. The van der Waals surface area contributed by atoms with E-state index in [-0.39, 0.29) is 0 Å². The Balaban J connectivity index is 1.04. The number of rotatable bonds is 4. The Morgan fingerprint density at radius 1 is 0.183 bits per heavy atom. The van der Waals surface area contributed by atoms with Crippen LogP contribution in [0, 0.1) is 0 Å². The van der Waals surface area contributed by atoms with Gasteiger partial charge in [-0.3, -0.25) is 0 Å². The van der Waals surface area contributed by atoms with Gasteiger partial charge < -0.3 is 8.83 Å². The highest BCUT2D eigenvalue weighted by Gasteiger charge is 2.21. The van der Waals surface area contributed by atoms with Crippen LogP contribution < -0.4 is 0 Å². The van der Waals surface area contributed by atoms with Crippen LogP contribution in [-0.4, -0.2) is 0 Å². The summed E-state index contributed by atoms with van der Waals surface area (Å²) in [5.41, 5.74) is 13.3. The molecular formula is C58H34O2. The summed E-state index contributed by atoms with van der Waals surface area (Å²) in [6.45, 7) is 0. The lowest BCUT2D eigenvalue weighted by molar-refractivity contribution is 0.668. The maximum absolute atomic E-state index is 6.25. The molecule has 0 radical (unpaired) electrons. The minimum atomic E-state index is 0.905. The molecule has 0 aliphatic rings. The topological polar surface area (TPSA) is 26.3 Å². The number of hydrogen-bond donors (Lipinski definition) is 0. The molecule has 0 unspecified atom stereocenters. The Kier molecular flexibility index (Phi) is 7.05. The lowest BCUT2D eigenvalue weighted by Crippen LogP contribution is -1.93. The van der Waals surface area contributed by atoms with Crippen molar-refractivity contribution in [3.8, 4) is 44.5 Å². The number of fused-ring (bicyclic) bond motifs is 10. The van der Waals surface area contributed by atoms with Crippen LogP contribution in [0.3, 0.4) is 0 Å². The SMILES string of the molecule is c1cc(-c2c3ccccc3c(-c3ccc4oc5ccccc5c4c3)c3ccccc23)cc(-c2c3ccccc3c(-c3ccc4oc5ccccc5c4c3)c3ccccc23)c1. The number of para-hydroxylation sites is 2. The van der Waals surface area contributed by atoms with Crippen molar-refractivity contribution >= 4 is 87.0 Å². The largest absolute Gasteiger partial charge is 0.456 e. The molecular weight excluding hydrogens is 729 g/mol. The number of benzene rings is 11. The van der Waals surface area contributed by atoms with E-state index in [4.69, 9.17) is 8.83 Å². The van der Waals surface area contributed by atoms with Gasteiger partial charge in [-0.25, -0.2) is 0 Å². The molecule has 2 heterocycles. The van der Waals surface area contributed by atoms with Gasteiger partial charge in [-0.2, -0.15) is 0 Å². The molecule has 278 valence electrons. The van der Waals surface area contributed by atoms with Gasteiger partial charge in [-0.15, -0.1) is 0 Å². The smallest absolute Gasteiger partial charge is 0.135 e. The van der Waals surface area contributed by atoms with E-state index in [0.717, 1.165) is 43.9 Å². The van der Waals surface area contributed by atoms with Gasteiger partial charge in [0.2, 0.25) is 0 Å². The van der Waals surface area contributed by atoms with E-state index in [1.165, 1.54) is 87.6 Å². The van der Waals surface area contributed by atoms with E-state index in [2.05, 4.69) is 182 Å². The summed E-state index contributed by atoms with van der Waals surface area (Å²) in [5, 5.41) is 14.4. The predicted molar refractivity (Wildman–Crippen MR) is 253 cm³/mol. The summed E-state index contributed by atoms with van der Waals surface area (Å²) in [7, 11) is 0. The molecule has 60 heavy (non-hydrogen) atoms. The molecule has 0 amide bonds. The zero-order chi connectivity index (χ0) is 39.3. The zero-order valence-electron chi connectivity index (χ0n) is 32.4. The van der Waals surface area contributed by atoms with Crippen LogP contribution >= 0.6 is 0 Å². The lowest BCUT2D eigenvalue weighted by Gasteiger charge is -2.20. The van der Waals surface area contributed by atoms with E-state index in [9.17, 15) is 0 Å². The minimum absolute atomic E-state index is 0.905. The van der Waals surface area contributed by atoms with Crippen LogP contribution in [0.25, 0.3) is 131 Å². The van der Waals surface area contributed by atoms with Crippen molar-refractivity contribution in [1.29, 1.82) is 0 Å². The first-order valence-electron chi connectivity index (χ1n) is 20.6. The fourth-order valence-corrected chi connectivity index (χ4v) is 10.1. The Morgan fingerprint density at radius 2 is 0.450 bits per heavy atom. The van der Waals surface area contributed by atoms with Crippen LogP contribution in [0.15, 0.2) is 215 Å². The molecule has 0 N–H and O–H groups in total. The molecule has 0 saturated heterocycles. The third-order valence-corrected chi connectivity index (χ3v) is 12.6. The number of furan rings is 2. The van der Waals surface area contributed by atoms with Gasteiger partial charge in [0.25, 0.3) is 0 Å². The van der Waals surface area contributed by atoms with E-state index in [1.807, 2.05) is 24.3 Å². The third-order valence-electron chi connectivity index (χ3n) is 12.6. The van der Waals surface area contributed by atoms with Crippen molar-refractivity contribution in [3.63, 3.8) is 0 Å². The van der Waals surface area contributed by atoms with Crippen molar-refractivity contribution in [2.24, 2.45) is 0 Å². The Hall–Kier alpha value is -7.94. The highest BCUT2D eigenvalue weighted by atomic mass is 16.3. The lowest BCUT2D eigenvalue weighted by atomic mass is 9.83. The molecule has 13 rings (SSSR count). The fourth-order valence-electron chi connectivity index (χ4n) is 10.1. The molecule has 2 aromatic heterocycles. The molecule has 0 spiro atoms. The Labute approximate surface area is 345 Å². The second kappa shape index (κ2) is 12.8. The Morgan fingerprint density at radius 3 is 0.783 bits per heavy atom. The van der Waals surface area contributed by atoms with E-state index in [0.29, 0.717) is 0 Å². The van der Waals surface area contributed by atoms with Crippen molar-refractivity contribution < 1.29 is 8.83 Å². The highest BCUT2D eigenvalue weighted by Crippen LogP contribution is 2.48. The van der Waals surface area contributed by atoms with Gasteiger partial charge in [-0.1, -0.05) is 164 Å². The maximum Gasteiger partial charge on any atom is 0.135 e. The summed E-state index contributed by atoms with van der Waals surface area (Å²) in [6.07, 6.45) is 0. The maximum atomic E-state index is 6.25. The van der Waals surface area contributed by atoms with Crippen LogP contribution in [0.1, 0.15) is 0 Å². The standard InChI is InChI=1S/C58H34O2/c1-5-22-45-41(18-1)55(42-19-2-6-23-46(42)57(45)37-28-30-53-49(33-37)39-16-9-11-26-51(39)59-53)35-14-13-15-36(32-35)56-43-20-3-7-24-47(43)58(48-25-8-4-21-44(48)56)38-29-31-54-50(34-38)40-17-10-12-27-52(40)60-54/h1-34H. The monoisotopic (exact) mass is 762 g/mol.